The number of hydrogen-bond acceptors (Lipinski definition) is 4. The molecule has 0 unspecified atom stereocenters. The van der Waals surface area contributed by atoms with E-state index in [1.54, 1.807) is 42.2 Å². The number of imidazole rings is 1. The van der Waals surface area contributed by atoms with Crippen molar-refractivity contribution in [3.05, 3.63) is 36.5 Å². The molecule has 0 radical (unpaired) electrons. The molecule has 0 fully saturated rings. The van der Waals surface area contributed by atoms with E-state index in [4.69, 9.17) is 0 Å². The van der Waals surface area contributed by atoms with Gasteiger partial charge in [0.25, 0.3) is 0 Å². The van der Waals surface area contributed by atoms with Crippen molar-refractivity contribution in [1.82, 2.24) is 14.5 Å². The van der Waals surface area contributed by atoms with Gasteiger partial charge >= 0.3 is 0 Å². The molecule has 1 N–H and O–H groups in total. The van der Waals surface area contributed by atoms with Crippen LogP contribution >= 0.6 is 0 Å². The zero-order valence-electron chi connectivity index (χ0n) is 10.2. The van der Waals surface area contributed by atoms with Crippen LogP contribution in [0.15, 0.2) is 30.7 Å². The van der Waals surface area contributed by atoms with E-state index in [-0.39, 0.29) is 5.75 Å². The van der Waals surface area contributed by atoms with Gasteiger partial charge in [0, 0.05) is 18.6 Å². The summed E-state index contributed by atoms with van der Waals surface area (Å²) >= 11 is 0. The third-order valence-electron chi connectivity index (χ3n) is 2.49. The maximum atomic E-state index is 11.6. The second-order valence-electron chi connectivity index (χ2n) is 3.72. The van der Waals surface area contributed by atoms with Crippen LogP contribution in [-0.2, 0) is 10.0 Å². The zero-order valence-corrected chi connectivity index (χ0v) is 11.0. The van der Waals surface area contributed by atoms with Gasteiger partial charge in [0.1, 0.15) is 5.82 Å². The summed E-state index contributed by atoms with van der Waals surface area (Å²) in [6.07, 6.45) is 4.99. The number of hydrogen-bond donors (Lipinski definition) is 1. The molecule has 0 bridgehead atoms. The molecule has 0 saturated heterocycles. The quantitative estimate of drug-likeness (QED) is 0.906. The molecule has 2 aromatic heterocycles. The van der Waals surface area contributed by atoms with Crippen LogP contribution in [0.1, 0.15) is 12.7 Å². The van der Waals surface area contributed by atoms with Crippen LogP contribution in [-0.4, -0.2) is 28.7 Å². The molecule has 2 rings (SSSR count). The van der Waals surface area contributed by atoms with E-state index in [1.165, 1.54) is 0 Å². The Bertz CT molecular complexity index is 649. The molecule has 6 nitrogen and oxygen atoms in total. The Morgan fingerprint density at radius 2 is 2.11 bits per heavy atom. The summed E-state index contributed by atoms with van der Waals surface area (Å²) in [7, 11) is -3.32. The summed E-state index contributed by atoms with van der Waals surface area (Å²) in [6, 6.07) is 3.36. The summed E-state index contributed by atoms with van der Waals surface area (Å²) < 4.78 is 27.5. The minimum absolute atomic E-state index is 0.0181. The third kappa shape index (κ3) is 2.51. The van der Waals surface area contributed by atoms with E-state index in [1.807, 2.05) is 6.92 Å². The van der Waals surface area contributed by atoms with Crippen molar-refractivity contribution in [2.75, 3.05) is 10.5 Å². The van der Waals surface area contributed by atoms with Crippen LogP contribution in [0.3, 0.4) is 0 Å². The summed E-state index contributed by atoms with van der Waals surface area (Å²) in [6.45, 7) is 3.41. The highest BCUT2D eigenvalue weighted by Crippen LogP contribution is 2.19. The third-order valence-corrected chi connectivity index (χ3v) is 3.78. The first-order valence-corrected chi connectivity index (χ1v) is 7.14. The highest BCUT2D eigenvalue weighted by Gasteiger charge is 2.13. The van der Waals surface area contributed by atoms with Crippen LogP contribution in [0.2, 0.25) is 0 Å². The van der Waals surface area contributed by atoms with Gasteiger partial charge in [-0.1, -0.05) is 0 Å². The van der Waals surface area contributed by atoms with Gasteiger partial charge in [-0.05, 0) is 26.0 Å². The van der Waals surface area contributed by atoms with Crippen LogP contribution in [0.25, 0.3) is 5.82 Å². The van der Waals surface area contributed by atoms with Crippen molar-refractivity contribution >= 4 is 15.7 Å². The highest BCUT2D eigenvalue weighted by atomic mass is 32.2. The van der Waals surface area contributed by atoms with Gasteiger partial charge in [-0.15, -0.1) is 0 Å². The molecule has 0 amide bonds. The summed E-state index contributed by atoms with van der Waals surface area (Å²) in [4.78, 5) is 8.29. The van der Waals surface area contributed by atoms with Gasteiger partial charge in [0.2, 0.25) is 10.0 Å². The zero-order chi connectivity index (χ0) is 13.2. The maximum Gasteiger partial charge on any atom is 0.232 e. The molecule has 18 heavy (non-hydrogen) atoms. The lowest BCUT2D eigenvalue weighted by Gasteiger charge is -2.11. The molecule has 0 atom stereocenters. The predicted octanol–water partition coefficient (Wildman–Crippen LogP) is 1.34. The molecular weight excluding hydrogens is 252 g/mol. The smallest absolute Gasteiger partial charge is 0.232 e. The standard InChI is InChI=1S/C11H14N4O2S/c1-3-18(16,17)14-10-5-4-6-13-11(10)15-8-7-12-9(15)2/h4-8,14H,3H2,1-2H3. The topological polar surface area (TPSA) is 76.9 Å². The molecule has 7 heteroatoms. The number of nitrogens with one attached hydrogen (secondary N) is 1. The fourth-order valence-electron chi connectivity index (χ4n) is 1.51. The predicted molar refractivity (Wildman–Crippen MR) is 69.2 cm³/mol. The van der Waals surface area contributed by atoms with E-state index in [9.17, 15) is 8.42 Å². The number of aryl methyl sites for hydroxylation is 1. The van der Waals surface area contributed by atoms with Crippen LogP contribution in [0.5, 0.6) is 0 Å². The van der Waals surface area contributed by atoms with Crippen molar-refractivity contribution in [2.24, 2.45) is 0 Å². The summed E-state index contributed by atoms with van der Waals surface area (Å²) in [5.74, 6) is 1.28. The van der Waals surface area contributed by atoms with Crippen molar-refractivity contribution in [2.45, 2.75) is 13.8 Å². The first kappa shape index (κ1) is 12.6. The Balaban J connectivity index is 2.48. The molecule has 2 heterocycles. The number of sulfonamides is 1. The summed E-state index contributed by atoms with van der Waals surface area (Å²) in [5, 5.41) is 0. The lowest BCUT2D eigenvalue weighted by atomic mass is 10.4. The first-order valence-electron chi connectivity index (χ1n) is 5.49. The molecule has 96 valence electrons. The molecule has 0 spiro atoms. The molecule has 0 aliphatic rings. The second-order valence-corrected chi connectivity index (χ2v) is 5.74. The van der Waals surface area contributed by atoms with E-state index in [0.717, 1.165) is 5.82 Å². The van der Waals surface area contributed by atoms with Gasteiger partial charge in [-0.25, -0.2) is 18.4 Å². The van der Waals surface area contributed by atoms with Gasteiger partial charge < -0.3 is 0 Å². The number of aromatic nitrogens is 3. The van der Waals surface area contributed by atoms with Crippen LogP contribution in [0.4, 0.5) is 5.69 Å². The molecule has 0 aliphatic carbocycles. The van der Waals surface area contributed by atoms with Gasteiger partial charge in [0.05, 0.1) is 11.4 Å². The Kier molecular flexibility index (Phi) is 3.33. The molecule has 0 aromatic carbocycles. The highest BCUT2D eigenvalue weighted by molar-refractivity contribution is 7.92. The first-order chi connectivity index (χ1) is 8.53. The van der Waals surface area contributed by atoms with Crippen LogP contribution < -0.4 is 4.72 Å². The van der Waals surface area contributed by atoms with Crippen molar-refractivity contribution in [3.63, 3.8) is 0 Å². The number of rotatable bonds is 4. The second kappa shape index (κ2) is 4.77. The number of pyridine rings is 1. The minimum Gasteiger partial charge on any atom is -0.286 e. The van der Waals surface area contributed by atoms with Crippen molar-refractivity contribution in [1.29, 1.82) is 0 Å². The van der Waals surface area contributed by atoms with E-state index < -0.39 is 10.0 Å². The van der Waals surface area contributed by atoms with Gasteiger partial charge in [-0.3, -0.25) is 9.29 Å². The fourth-order valence-corrected chi connectivity index (χ4v) is 2.15. The normalized spacial score (nSPS) is 11.4. The fraction of sp³-hybridized carbons (Fsp3) is 0.273. The maximum absolute atomic E-state index is 11.6. The lowest BCUT2D eigenvalue weighted by molar-refractivity contribution is 0.602. The Labute approximate surface area is 106 Å². The minimum atomic E-state index is -3.32. The largest absolute Gasteiger partial charge is 0.286 e. The molecule has 0 saturated carbocycles. The molecular formula is C11H14N4O2S. The Hall–Kier alpha value is -1.89. The molecule has 2 aromatic rings. The van der Waals surface area contributed by atoms with Gasteiger partial charge in [0.15, 0.2) is 5.82 Å². The van der Waals surface area contributed by atoms with Gasteiger partial charge in [-0.2, -0.15) is 0 Å². The van der Waals surface area contributed by atoms with Crippen molar-refractivity contribution < 1.29 is 8.42 Å². The number of anilines is 1. The van der Waals surface area contributed by atoms with E-state index in [0.29, 0.717) is 11.5 Å². The van der Waals surface area contributed by atoms with E-state index in [2.05, 4.69) is 14.7 Å². The van der Waals surface area contributed by atoms with Crippen LogP contribution in [0, 0.1) is 6.92 Å². The van der Waals surface area contributed by atoms with E-state index >= 15 is 0 Å². The Morgan fingerprint density at radius 1 is 1.33 bits per heavy atom. The molecule has 0 aliphatic heterocycles. The average molecular weight is 266 g/mol. The lowest BCUT2D eigenvalue weighted by Crippen LogP contribution is -2.16. The average Bonchev–Trinajstić information content (AvgIpc) is 2.76. The monoisotopic (exact) mass is 266 g/mol. The SMILES string of the molecule is CCS(=O)(=O)Nc1cccnc1-n1ccnc1C. The number of nitrogens with zero attached hydrogens (tertiary/aromatic N) is 3. The van der Waals surface area contributed by atoms with Crippen molar-refractivity contribution in [3.8, 4) is 5.82 Å². The summed E-state index contributed by atoms with van der Waals surface area (Å²) in [5.41, 5.74) is 0.445. The Morgan fingerprint density at radius 3 is 2.72 bits per heavy atom.